The zero-order valence-corrected chi connectivity index (χ0v) is 12.2. The third kappa shape index (κ3) is 7.20. The van der Waals surface area contributed by atoms with Gasteiger partial charge in [-0.25, -0.2) is 0 Å². The van der Waals surface area contributed by atoms with E-state index >= 15 is 0 Å². The molecule has 1 unspecified atom stereocenters. The molecule has 0 aliphatic heterocycles. The van der Waals surface area contributed by atoms with Gasteiger partial charge in [0.25, 0.3) is 0 Å². The number of benzene rings is 1. The number of nitrogens with one attached hydrogen (secondary N) is 1. The molecule has 19 heavy (non-hydrogen) atoms. The summed E-state index contributed by atoms with van der Waals surface area (Å²) in [7, 11) is 1.52. The molecular formula is C14H21NO3S. The second-order valence-corrected chi connectivity index (χ2v) is 5.49. The summed E-state index contributed by atoms with van der Waals surface area (Å²) in [5.41, 5.74) is 1.23. The van der Waals surface area contributed by atoms with E-state index in [-0.39, 0.29) is 19.1 Å². The lowest BCUT2D eigenvalue weighted by molar-refractivity contribution is -0.121. The molecule has 0 spiro atoms. The highest BCUT2D eigenvalue weighted by molar-refractivity contribution is 7.99. The van der Waals surface area contributed by atoms with Crippen LogP contribution in [0.15, 0.2) is 29.2 Å². The predicted octanol–water partition coefficient (Wildman–Crippen LogP) is 1.60. The molecule has 1 rings (SSSR count). The lowest BCUT2D eigenvalue weighted by Gasteiger charge is -2.10. The second kappa shape index (κ2) is 8.96. The molecule has 1 aromatic rings. The smallest absolute Gasteiger partial charge is 0.220 e. The maximum Gasteiger partial charge on any atom is 0.220 e. The number of hydrogen-bond acceptors (Lipinski definition) is 4. The van der Waals surface area contributed by atoms with E-state index in [4.69, 9.17) is 4.74 Å². The highest BCUT2D eigenvalue weighted by atomic mass is 32.2. The molecule has 0 fully saturated rings. The third-order valence-corrected chi connectivity index (χ3v) is 3.53. The van der Waals surface area contributed by atoms with Crippen LogP contribution in [-0.2, 0) is 9.53 Å². The van der Waals surface area contributed by atoms with Crippen molar-refractivity contribution in [2.24, 2.45) is 0 Å². The van der Waals surface area contributed by atoms with E-state index in [9.17, 15) is 9.90 Å². The number of aliphatic hydroxyl groups excluding tert-OH is 1. The highest BCUT2D eigenvalue weighted by Gasteiger charge is 2.06. The number of rotatable bonds is 8. The fraction of sp³-hybridized carbons (Fsp3) is 0.500. The van der Waals surface area contributed by atoms with Crippen molar-refractivity contribution in [1.82, 2.24) is 5.32 Å². The van der Waals surface area contributed by atoms with Crippen molar-refractivity contribution in [1.29, 1.82) is 0 Å². The Hall–Kier alpha value is -1.04. The van der Waals surface area contributed by atoms with Crippen molar-refractivity contribution >= 4 is 17.7 Å². The van der Waals surface area contributed by atoms with Gasteiger partial charge in [-0.3, -0.25) is 4.79 Å². The van der Waals surface area contributed by atoms with Gasteiger partial charge < -0.3 is 15.2 Å². The Balaban J connectivity index is 2.15. The van der Waals surface area contributed by atoms with Crippen molar-refractivity contribution in [3.05, 3.63) is 29.8 Å². The monoisotopic (exact) mass is 283 g/mol. The van der Waals surface area contributed by atoms with Crippen LogP contribution in [-0.4, -0.2) is 43.1 Å². The first kappa shape index (κ1) is 16.0. The number of methoxy groups -OCH3 is 1. The van der Waals surface area contributed by atoms with E-state index in [1.165, 1.54) is 12.7 Å². The zero-order chi connectivity index (χ0) is 14.1. The van der Waals surface area contributed by atoms with Gasteiger partial charge in [0.2, 0.25) is 5.91 Å². The van der Waals surface area contributed by atoms with Crippen LogP contribution in [0, 0.1) is 6.92 Å². The summed E-state index contributed by atoms with van der Waals surface area (Å²) in [6.45, 7) is 2.52. The molecule has 5 heteroatoms. The number of thioether (sulfide) groups is 1. The van der Waals surface area contributed by atoms with Crippen LogP contribution in [0.3, 0.4) is 0 Å². The molecule has 4 nitrogen and oxygen atoms in total. The summed E-state index contributed by atoms with van der Waals surface area (Å²) >= 11 is 1.65. The Labute approximate surface area is 118 Å². The van der Waals surface area contributed by atoms with Gasteiger partial charge in [0, 0.05) is 30.7 Å². The first-order valence-corrected chi connectivity index (χ1v) is 7.23. The van der Waals surface area contributed by atoms with Crippen LogP contribution in [0.4, 0.5) is 0 Å². The van der Waals surface area contributed by atoms with Crippen molar-refractivity contribution in [2.75, 3.05) is 26.0 Å². The largest absolute Gasteiger partial charge is 0.389 e. The molecule has 106 valence electrons. The van der Waals surface area contributed by atoms with E-state index in [2.05, 4.69) is 29.6 Å². The van der Waals surface area contributed by atoms with Gasteiger partial charge in [-0.1, -0.05) is 17.7 Å². The van der Waals surface area contributed by atoms with Crippen molar-refractivity contribution in [3.63, 3.8) is 0 Å². The number of amides is 1. The zero-order valence-electron chi connectivity index (χ0n) is 11.4. The minimum Gasteiger partial charge on any atom is -0.389 e. The quantitative estimate of drug-likeness (QED) is 0.712. The summed E-state index contributed by atoms with van der Waals surface area (Å²) in [5.74, 6) is 0.685. The number of carbonyl (C=O) groups excluding carboxylic acids is 1. The van der Waals surface area contributed by atoms with Crippen molar-refractivity contribution in [3.8, 4) is 0 Å². The molecule has 0 heterocycles. The van der Waals surface area contributed by atoms with Gasteiger partial charge >= 0.3 is 0 Å². The first-order chi connectivity index (χ1) is 9.11. The first-order valence-electron chi connectivity index (χ1n) is 6.25. The van der Waals surface area contributed by atoms with Crippen LogP contribution in [0.25, 0.3) is 0 Å². The molecule has 0 aliphatic carbocycles. The summed E-state index contributed by atoms with van der Waals surface area (Å²) < 4.78 is 4.78. The predicted molar refractivity (Wildman–Crippen MR) is 77.4 cm³/mol. The van der Waals surface area contributed by atoms with Gasteiger partial charge in [-0.15, -0.1) is 11.8 Å². The van der Waals surface area contributed by atoms with Gasteiger partial charge in [0.15, 0.2) is 0 Å². The molecule has 1 amide bonds. The molecular weight excluding hydrogens is 262 g/mol. The third-order valence-electron chi connectivity index (χ3n) is 2.51. The molecule has 1 aromatic carbocycles. The topological polar surface area (TPSA) is 58.6 Å². The molecule has 0 saturated carbocycles. The van der Waals surface area contributed by atoms with Crippen LogP contribution >= 0.6 is 11.8 Å². The fourth-order valence-corrected chi connectivity index (χ4v) is 2.32. The molecule has 0 saturated heterocycles. The average Bonchev–Trinajstić information content (AvgIpc) is 2.39. The number of hydrogen-bond donors (Lipinski definition) is 2. The number of aliphatic hydroxyl groups is 1. The van der Waals surface area contributed by atoms with Gasteiger partial charge in [0.1, 0.15) is 0 Å². The maximum absolute atomic E-state index is 11.5. The number of aryl methyl sites for hydroxylation is 1. The highest BCUT2D eigenvalue weighted by Crippen LogP contribution is 2.18. The normalized spacial score (nSPS) is 12.2. The Morgan fingerprint density at radius 3 is 2.74 bits per heavy atom. The summed E-state index contributed by atoms with van der Waals surface area (Å²) in [6, 6.07) is 8.23. The molecule has 0 aliphatic rings. The van der Waals surface area contributed by atoms with Crippen molar-refractivity contribution in [2.45, 2.75) is 24.3 Å². The van der Waals surface area contributed by atoms with Crippen LogP contribution in [0.5, 0.6) is 0 Å². The van der Waals surface area contributed by atoms with Crippen LogP contribution in [0.1, 0.15) is 12.0 Å². The lowest BCUT2D eigenvalue weighted by Crippen LogP contribution is -2.34. The molecule has 0 radical (unpaired) electrons. The van der Waals surface area contributed by atoms with Gasteiger partial charge in [-0.2, -0.15) is 0 Å². The Kier molecular flexibility index (Phi) is 7.55. The second-order valence-electron chi connectivity index (χ2n) is 4.32. The van der Waals surface area contributed by atoms with Crippen LogP contribution < -0.4 is 5.32 Å². The van der Waals surface area contributed by atoms with E-state index < -0.39 is 6.10 Å². The Morgan fingerprint density at radius 1 is 1.42 bits per heavy atom. The Bertz CT molecular complexity index is 381. The van der Waals surface area contributed by atoms with Gasteiger partial charge in [0.05, 0.1) is 12.7 Å². The molecule has 0 aromatic heterocycles. The average molecular weight is 283 g/mol. The fourth-order valence-electron chi connectivity index (χ4n) is 1.47. The van der Waals surface area contributed by atoms with E-state index in [0.717, 1.165) is 10.6 Å². The lowest BCUT2D eigenvalue weighted by atomic mass is 10.2. The summed E-state index contributed by atoms with van der Waals surface area (Å²) in [5, 5.41) is 12.1. The molecule has 2 N–H and O–H groups in total. The van der Waals surface area contributed by atoms with E-state index in [0.29, 0.717) is 6.42 Å². The minimum absolute atomic E-state index is 0.0465. The van der Waals surface area contributed by atoms with E-state index in [1.54, 1.807) is 11.8 Å². The standard InChI is InChI=1S/C14H21NO3S/c1-11-3-5-13(6-4-11)19-8-7-14(17)15-9-12(16)10-18-2/h3-6,12,16H,7-10H2,1-2H3,(H,15,17). The SMILES string of the molecule is COCC(O)CNC(=O)CCSc1ccc(C)cc1. The molecule has 0 bridgehead atoms. The summed E-state index contributed by atoms with van der Waals surface area (Å²) in [4.78, 5) is 12.7. The Morgan fingerprint density at radius 2 is 2.11 bits per heavy atom. The van der Waals surface area contributed by atoms with Gasteiger partial charge in [-0.05, 0) is 19.1 Å². The molecule has 1 atom stereocenters. The van der Waals surface area contributed by atoms with E-state index in [1.807, 2.05) is 6.92 Å². The van der Waals surface area contributed by atoms with Crippen molar-refractivity contribution < 1.29 is 14.6 Å². The minimum atomic E-state index is -0.640. The maximum atomic E-state index is 11.5. The summed E-state index contributed by atoms with van der Waals surface area (Å²) in [6.07, 6.45) is -0.197. The number of ether oxygens (including phenoxy) is 1. The number of carbonyl (C=O) groups is 1. The van der Waals surface area contributed by atoms with Crippen LogP contribution in [0.2, 0.25) is 0 Å².